The van der Waals surface area contributed by atoms with Gasteiger partial charge >= 0.3 is 0 Å². The maximum absolute atomic E-state index is 4.50. The predicted octanol–water partition coefficient (Wildman–Crippen LogP) is 3.32. The van der Waals surface area contributed by atoms with Gasteiger partial charge in [-0.3, -0.25) is 4.90 Å². The Hall–Kier alpha value is -1.94. The van der Waals surface area contributed by atoms with Crippen LogP contribution in [0.15, 0.2) is 36.4 Å². The molecule has 0 radical (unpaired) electrons. The summed E-state index contributed by atoms with van der Waals surface area (Å²) >= 11 is 0. The number of aromatic nitrogens is 3. The molecule has 2 aromatic rings. The zero-order valence-electron chi connectivity index (χ0n) is 14.2. The molecule has 23 heavy (non-hydrogen) atoms. The average molecular weight is 310 g/mol. The Kier molecular flexibility index (Phi) is 5.23. The van der Waals surface area contributed by atoms with E-state index >= 15 is 0 Å². The lowest BCUT2D eigenvalue weighted by Gasteiger charge is -2.32. The number of rotatable bonds is 5. The summed E-state index contributed by atoms with van der Waals surface area (Å²) < 4.78 is 2.07. The second-order valence-electron chi connectivity index (χ2n) is 6.47. The van der Waals surface area contributed by atoms with Crippen LogP contribution in [0.25, 0.3) is 6.08 Å². The van der Waals surface area contributed by atoms with Crippen LogP contribution in [0, 0.1) is 19.8 Å². The van der Waals surface area contributed by atoms with Crippen LogP contribution in [0.3, 0.4) is 0 Å². The Morgan fingerprint density at radius 1 is 1.22 bits per heavy atom. The van der Waals surface area contributed by atoms with Crippen LogP contribution in [0.1, 0.15) is 30.1 Å². The molecule has 0 unspecified atom stereocenters. The Morgan fingerprint density at radius 3 is 2.78 bits per heavy atom. The molecule has 0 saturated carbocycles. The minimum atomic E-state index is 0.675. The van der Waals surface area contributed by atoms with E-state index in [1.807, 2.05) is 13.8 Å². The van der Waals surface area contributed by atoms with E-state index in [4.69, 9.17) is 0 Å². The molecule has 4 heteroatoms. The number of nitrogens with zero attached hydrogens (tertiary/aromatic N) is 4. The van der Waals surface area contributed by atoms with E-state index in [0.717, 1.165) is 31.3 Å². The maximum atomic E-state index is 4.50. The number of hydrogen-bond donors (Lipinski definition) is 0. The summed E-state index contributed by atoms with van der Waals surface area (Å²) in [4.78, 5) is 6.95. The maximum Gasteiger partial charge on any atom is 0.147 e. The number of likely N-dealkylation sites (tertiary alicyclic amines) is 1. The van der Waals surface area contributed by atoms with E-state index in [-0.39, 0.29) is 0 Å². The third-order valence-corrected chi connectivity index (χ3v) is 4.47. The van der Waals surface area contributed by atoms with Gasteiger partial charge in [0.05, 0.1) is 0 Å². The van der Waals surface area contributed by atoms with E-state index in [0.29, 0.717) is 5.92 Å². The first-order chi connectivity index (χ1) is 11.2. The number of aryl methyl sites for hydroxylation is 2. The molecule has 3 rings (SSSR count). The first kappa shape index (κ1) is 15.9. The highest BCUT2D eigenvalue weighted by atomic mass is 15.3. The molecular formula is C19H26N4. The van der Waals surface area contributed by atoms with Gasteiger partial charge in [-0.1, -0.05) is 42.5 Å². The summed E-state index contributed by atoms with van der Waals surface area (Å²) in [6.45, 7) is 8.38. The summed E-state index contributed by atoms with van der Waals surface area (Å²) in [6.07, 6.45) is 7.06. The van der Waals surface area contributed by atoms with Crippen molar-refractivity contribution in [1.82, 2.24) is 19.7 Å². The molecule has 0 amide bonds. The Balaban J connectivity index is 1.52. The second-order valence-corrected chi connectivity index (χ2v) is 6.47. The van der Waals surface area contributed by atoms with Crippen molar-refractivity contribution in [1.29, 1.82) is 0 Å². The van der Waals surface area contributed by atoms with Gasteiger partial charge in [-0.15, -0.1) is 0 Å². The SMILES string of the molecule is Cc1nc(C)n(C[C@@H]2CCCN(C/C=C\c3ccccc3)C2)n1. The van der Waals surface area contributed by atoms with Crippen molar-refractivity contribution in [3.63, 3.8) is 0 Å². The summed E-state index contributed by atoms with van der Waals surface area (Å²) in [5.41, 5.74) is 1.27. The molecule has 1 fully saturated rings. The fourth-order valence-electron chi connectivity index (χ4n) is 3.35. The summed E-state index contributed by atoms with van der Waals surface area (Å²) in [7, 11) is 0. The van der Waals surface area contributed by atoms with Crippen molar-refractivity contribution in [3.05, 3.63) is 53.6 Å². The highest BCUT2D eigenvalue weighted by Gasteiger charge is 2.20. The smallest absolute Gasteiger partial charge is 0.147 e. The lowest BCUT2D eigenvalue weighted by molar-refractivity contribution is 0.173. The molecule has 0 spiro atoms. The molecule has 0 N–H and O–H groups in total. The first-order valence-electron chi connectivity index (χ1n) is 8.53. The Bertz CT molecular complexity index is 645. The topological polar surface area (TPSA) is 34.0 Å². The van der Waals surface area contributed by atoms with Crippen LogP contribution in [-0.4, -0.2) is 39.3 Å². The molecule has 0 aliphatic carbocycles. The van der Waals surface area contributed by atoms with Crippen LogP contribution in [0.4, 0.5) is 0 Å². The first-order valence-corrected chi connectivity index (χ1v) is 8.53. The fourth-order valence-corrected chi connectivity index (χ4v) is 3.35. The molecule has 1 saturated heterocycles. The van der Waals surface area contributed by atoms with E-state index in [2.05, 4.69) is 62.1 Å². The molecule has 4 nitrogen and oxygen atoms in total. The Labute approximate surface area is 138 Å². The van der Waals surface area contributed by atoms with Gasteiger partial charge in [0, 0.05) is 19.6 Å². The third kappa shape index (κ3) is 4.52. The van der Waals surface area contributed by atoms with Crippen molar-refractivity contribution >= 4 is 6.08 Å². The van der Waals surface area contributed by atoms with Crippen molar-refractivity contribution in [2.75, 3.05) is 19.6 Å². The highest BCUT2D eigenvalue weighted by Crippen LogP contribution is 2.18. The molecule has 2 heterocycles. The minimum absolute atomic E-state index is 0.675. The molecule has 122 valence electrons. The van der Waals surface area contributed by atoms with E-state index in [9.17, 15) is 0 Å². The Morgan fingerprint density at radius 2 is 2.04 bits per heavy atom. The zero-order valence-corrected chi connectivity index (χ0v) is 14.2. The highest BCUT2D eigenvalue weighted by molar-refractivity contribution is 5.48. The monoisotopic (exact) mass is 310 g/mol. The van der Waals surface area contributed by atoms with E-state index in [1.54, 1.807) is 0 Å². The van der Waals surface area contributed by atoms with Gasteiger partial charge in [0.15, 0.2) is 0 Å². The van der Waals surface area contributed by atoms with Crippen molar-refractivity contribution in [2.24, 2.45) is 5.92 Å². The quantitative estimate of drug-likeness (QED) is 0.849. The van der Waals surface area contributed by atoms with Crippen molar-refractivity contribution < 1.29 is 0 Å². The molecule has 1 atom stereocenters. The third-order valence-electron chi connectivity index (χ3n) is 4.47. The second kappa shape index (κ2) is 7.55. The molecule has 1 aliphatic rings. The van der Waals surface area contributed by atoms with Gasteiger partial charge in [-0.05, 0) is 44.7 Å². The lowest BCUT2D eigenvalue weighted by Crippen LogP contribution is -2.37. The molecule has 1 aliphatic heterocycles. The molecule has 1 aromatic heterocycles. The zero-order chi connectivity index (χ0) is 16.1. The average Bonchev–Trinajstić information content (AvgIpc) is 2.86. The minimum Gasteiger partial charge on any atom is -0.299 e. The van der Waals surface area contributed by atoms with Gasteiger partial charge < -0.3 is 0 Å². The van der Waals surface area contributed by atoms with Gasteiger partial charge in [0.25, 0.3) is 0 Å². The number of piperidine rings is 1. The lowest BCUT2D eigenvalue weighted by atomic mass is 9.98. The summed E-state index contributed by atoms with van der Waals surface area (Å²) in [5.74, 6) is 2.58. The predicted molar refractivity (Wildman–Crippen MR) is 94.1 cm³/mol. The van der Waals surface area contributed by atoms with E-state index < -0.39 is 0 Å². The molecular weight excluding hydrogens is 284 g/mol. The number of hydrogen-bond acceptors (Lipinski definition) is 3. The largest absolute Gasteiger partial charge is 0.299 e. The van der Waals surface area contributed by atoms with Gasteiger partial charge in [0.2, 0.25) is 0 Å². The van der Waals surface area contributed by atoms with Crippen LogP contribution >= 0.6 is 0 Å². The van der Waals surface area contributed by atoms with Crippen LogP contribution in [0.5, 0.6) is 0 Å². The van der Waals surface area contributed by atoms with Crippen LogP contribution < -0.4 is 0 Å². The van der Waals surface area contributed by atoms with Gasteiger partial charge in [-0.2, -0.15) is 5.10 Å². The van der Waals surface area contributed by atoms with Crippen molar-refractivity contribution in [3.8, 4) is 0 Å². The van der Waals surface area contributed by atoms with E-state index in [1.165, 1.54) is 24.9 Å². The fraction of sp³-hybridized carbons (Fsp3) is 0.474. The van der Waals surface area contributed by atoms with Crippen LogP contribution in [-0.2, 0) is 6.54 Å². The van der Waals surface area contributed by atoms with Crippen molar-refractivity contribution in [2.45, 2.75) is 33.2 Å². The number of benzene rings is 1. The van der Waals surface area contributed by atoms with Crippen LogP contribution in [0.2, 0.25) is 0 Å². The molecule has 0 bridgehead atoms. The molecule has 1 aromatic carbocycles. The summed E-state index contributed by atoms with van der Waals surface area (Å²) in [6, 6.07) is 10.5. The standard InChI is InChI=1S/C19H26N4/c1-16-20-17(2)23(21-16)15-19-11-7-13-22(14-19)12-6-10-18-8-4-3-5-9-18/h3-6,8-10,19H,7,11-15H2,1-2H3/b10-6-/t19-/m1/s1. The van der Waals surface area contributed by atoms with Gasteiger partial charge in [-0.25, -0.2) is 9.67 Å². The van der Waals surface area contributed by atoms with Gasteiger partial charge in [0.1, 0.15) is 11.6 Å². The normalized spacial score (nSPS) is 19.5. The summed E-state index contributed by atoms with van der Waals surface area (Å²) in [5, 5.41) is 4.50.